The average molecular weight is 446 g/mol. The minimum atomic E-state index is -3.93. The lowest BCUT2D eigenvalue weighted by molar-refractivity contribution is 0.417. The summed E-state index contributed by atoms with van der Waals surface area (Å²) >= 11 is 6.19. The van der Waals surface area contributed by atoms with Crippen molar-refractivity contribution in [1.82, 2.24) is 21.9 Å². The number of rotatable bonds is 6. The molecule has 3 aromatic carbocycles. The lowest BCUT2D eigenvalue weighted by atomic mass is 10.1. The molecule has 5 N–H and O–H groups in total. The third-order valence-electron chi connectivity index (χ3n) is 4.58. The molecule has 156 valence electrons. The van der Waals surface area contributed by atoms with Gasteiger partial charge in [0.2, 0.25) is 0 Å². The number of sulfonamides is 1. The van der Waals surface area contributed by atoms with Crippen LogP contribution in [-0.4, -0.2) is 15.5 Å². The lowest BCUT2D eigenvalue weighted by Gasteiger charge is -2.16. The fraction of sp³-hybridized carbons (Fsp3) is 0.100. The van der Waals surface area contributed by atoms with E-state index in [2.05, 4.69) is 26.6 Å². The first-order valence-corrected chi connectivity index (χ1v) is 10.9. The summed E-state index contributed by atoms with van der Waals surface area (Å²) in [6.07, 6.45) is -0.353. The van der Waals surface area contributed by atoms with Crippen molar-refractivity contribution in [3.05, 3.63) is 77.3 Å². The van der Waals surface area contributed by atoms with Gasteiger partial charge in [-0.3, -0.25) is 4.72 Å². The smallest absolute Gasteiger partial charge is 0.262 e. The summed E-state index contributed by atoms with van der Waals surface area (Å²) in [5.41, 5.74) is 14.0. The Labute approximate surface area is 179 Å². The first kappa shape index (κ1) is 20.6. The predicted molar refractivity (Wildman–Crippen MR) is 116 cm³/mol. The maximum atomic E-state index is 13.1. The van der Waals surface area contributed by atoms with E-state index in [0.29, 0.717) is 22.0 Å². The van der Waals surface area contributed by atoms with E-state index in [9.17, 15) is 8.42 Å². The van der Waals surface area contributed by atoms with E-state index < -0.39 is 10.0 Å². The summed E-state index contributed by atoms with van der Waals surface area (Å²) < 4.78 is 34.3. The highest BCUT2D eigenvalue weighted by Crippen LogP contribution is 2.33. The highest BCUT2D eigenvalue weighted by atomic mass is 35.5. The molecule has 1 aliphatic rings. The van der Waals surface area contributed by atoms with Crippen LogP contribution in [0.15, 0.2) is 71.6 Å². The maximum absolute atomic E-state index is 13.1. The molecule has 0 atom stereocenters. The Bertz CT molecular complexity index is 1150. The van der Waals surface area contributed by atoms with E-state index in [1.165, 1.54) is 13.2 Å². The standard InChI is InChI=1S/C20H20ClN5O3S/c1-29-19-8-7-14(13-5-3-2-4-6-13)11-18(19)24-30(27,28)17-10-15(9-16(21)12-17)20-22-25-26-23-20/h2-12,20,22-26H,1H3. The largest absolute Gasteiger partial charge is 0.495 e. The van der Waals surface area contributed by atoms with Crippen molar-refractivity contribution < 1.29 is 13.2 Å². The number of hydrogen-bond donors (Lipinski definition) is 5. The molecule has 0 bridgehead atoms. The van der Waals surface area contributed by atoms with Gasteiger partial charge in [0, 0.05) is 5.02 Å². The fourth-order valence-corrected chi connectivity index (χ4v) is 4.58. The van der Waals surface area contributed by atoms with Crippen LogP contribution >= 0.6 is 11.6 Å². The summed E-state index contributed by atoms with van der Waals surface area (Å²) in [5, 5.41) is 0.299. The molecule has 0 radical (unpaired) electrons. The predicted octanol–water partition coefficient (Wildman–Crippen LogP) is 2.93. The molecule has 0 spiro atoms. The van der Waals surface area contributed by atoms with Crippen molar-refractivity contribution in [3.8, 4) is 16.9 Å². The Balaban J connectivity index is 1.69. The van der Waals surface area contributed by atoms with Crippen LogP contribution in [0.3, 0.4) is 0 Å². The number of ether oxygens (including phenoxy) is 1. The van der Waals surface area contributed by atoms with Crippen LogP contribution in [0.25, 0.3) is 11.1 Å². The third-order valence-corrected chi connectivity index (χ3v) is 6.15. The zero-order valence-electron chi connectivity index (χ0n) is 15.9. The number of nitrogens with one attached hydrogen (secondary N) is 5. The number of hydrazine groups is 3. The van der Waals surface area contributed by atoms with Gasteiger partial charge in [0.25, 0.3) is 10.0 Å². The molecule has 1 heterocycles. The molecule has 30 heavy (non-hydrogen) atoms. The maximum Gasteiger partial charge on any atom is 0.262 e. The zero-order chi connectivity index (χ0) is 21.1. The van der Waals surface area contributed by atoms with Gasteiger partial charge in [0.15, 0.2) is 0 Å². The van der Waals surface area contributed by atoms with Crippen molar-refractivity contribution in [2.45, 2.75) is 11.1 Å². The van der Waals surface area contributed by atoms with E-state index >= 15 is 0 Å². The summed E-state index contributed by atoms with van der Waals surface area (Å²) in [6, 6.07) is 19.6. The monoisotopic (exact) mass is 445 g/mol. The molecule has 0 unspecified atom stereocenters. The minimum Gasteiger partial charge on any atom is -0.495 e. The second-order valence-corrected chi connectivity index (χ2v) is 8.70. The van der Waals surface area contributed by atoms with E-state index in [4.69, 9.17) is 16.3 Å². The molecule has 1 aliphatic heterocycles. The summed E-state index contributed by atoms with van der Waals surface area (Å²) in [6.45, 7) is 0. The van der Waals surface area contributed by atoms with E-state index in [1.54, 1.807) is 24.3 Å². The van der Waals surface area contributed by atoms with Gasteiger partial charge in [-0.05, 0) is 47.0 Å². The number of hydrogen-bond acceptors (Lipinski definition) is 7. The summed E-state index contributed by atoms with van der Waals surface area (Å²) in [7, 11) is -2.44. The number of anilines is 1. The molecule has 1 saturated heterocycles. The highest BCUT2D eigenvalue weighted by molar-refractivity contribution is 7.92. The van der Waals surface area contributed by atoms with Crippen LogP contribution in [0.2, 0.25) is 5.02 Å². The first-order valence-electron chi connectivity index (χ1n) is 9.04. The lowest BCUT2D eigenvalue weighted by Crippen LogP contribution is -2.33. The normalized spacial score (nSPS) is 14.6. The van der Waals surface area contributed by atoms with E-state index in [-0.39, 0.29) is 11.1 Å². The molecule has 1 fully saturated rings. The fourth-order valence-electron chi connectivity index (χ4n) is 3.13. The Hall–Kier alpha value is -2.66. The molecular weight excluding hydrogens is 426 g/mol. The quantitative estimate of drug-likeness (QED) is 0.397. The third kappa shape index (κ3) is 4.41. The Morgan fingerprint density at radius 3 is 2.37 bits per heavy atom. The number of methoxy groups -OCH3 is 1. The molecule has 10 heteroatoms. The van der Waals surface area contributed by atoms with E-state index in [0.717, 1.165) is 11.1 Å². The van der Waals surface area contributed by atoms with Crippen molar-refractivity contribution in [3.63, 3.8) is 0 Å². The Kier molecular flexibility index (Phi) is 5.91. The minimum absolute atomic E-state index is 0.0349. The van der Waals surface area contributed by atoms with Gasteiger partial charge in [-0.15, -0.1) is 0 Å². The van der Waals surface area contributed by atoms with Gasteiger partial charge in [0.05, 0.1) is 17.7 Å². The van der Waals surface area contributed by atoms with Crippen molar-refractivity contribution in [2.24, 2.45) is 0 Å². The molecule has 8 nitrogen and oxygen atoms in total. The van der Waals surface area contributed by atoms with Crippen LogP contribution in [0, 0.1) is 0 Å². The summed E-state index contributed by atoms with van der Waals surface area (Å²) in [5.74, 6) is 0.410. The molecule has 0 aliphatic carbocycles. The highest BCUT2D eigenvalue weighted by Gasteiger charge is 2.22. The van der Waals surface area contributed by atoms with Crippen LogP contribution < -0.4 is 31.4 Å². The van der Waals surface area contributed by atoms with Crippen molar-refractivity contribution >= 4 is 27.3 Å². The van der Waals surface area contributed by atoms with Crippen molar-refractivity contribution in [2.75, 3.05) is 11.8 Å². The van der Waals surface area contributed by atoms with Crippen LogP contribution in [0.4, 0.5) is 5.69 Å². The second kappa shape index (κ2) is 8.60. The number of halogens is 1. The van der Waals surface area contributed by atoms with Gasteiger partial charge in [-0.2, -0.15) is 11.1 Å². The average Bonchev–Trinajstić information content (AvgIpc) is 3.29. The van der Waals surface area contributed by atoms with Gasteiger partial charge in [0.1, 0.15) is 11.9 Å². The zero-order valence-corrected chi connectivity index (χ0v) is 17.5. The van der Waals surface area contributed by atoms with Gasteiger partial charge in [-0.25, -0.2) is 19.3 Å². The molecule has 4 rings (SSSR count). The van der Waals surface area contributed by atoms with Crippen LogP contribution in [-0.2, 0) is 10.0 Å². The van der Waals surface area contributed by atoms with Crippen molar-refractivity contribution in [1.29, 1.82) is 0 Å². The van der Waals surface area contributed by atoms with E-state index in [1.807, 2.05) is 36.4 Å². The molecule has 0 amide bonds. The molecule has 0 aromatic heterocycles. The molecule has 3 aromatic rings. The SMILES string of the molecule is COc1ccc(-c2ccccc2)cc1NS(=O)(=O)c1cc(Cl)cc(C2NNNN2)c1. The van der Waals surface area contributed by atoms with Crippen LogP contribution in [0.5, 0.6) is 5.75 Å². The Morgan fingerprint density at radius 1 is 0.933 bits per heavy atom. The summed E-state index contributed by atoms with van der Waals surface area (Å²) in [4.78, 5) is 0.0349. The first-order chi connectivity index (χ1) is 14.5. The van der Waals surface area contributed by atoms with Gasteiger partial charge in [-0.1, -0.05) is 48.0 Å². The molecular formula is C20H20ClN5O3S. The molecule has 0 saturated carbocycles. The van der Waals surface area contributed by atoms with Crippen LogP contribution in [0.1, 0.15) is 11.7 Å². The topological polar surface area (TPSA) is 104 Å². The number of benzene rings is 3. The van der Waals surface area contributed by atoms with Gasteiger partial charge < -0.3 is 4.74 Å². The second-order valence-electron chi connectivity index (χ2n) is 6.58. The Morgan fingerprint density at radius 2 is 1.67 bits per heavy atom. The van der Waals surface area contributed by atoms with Gasteiger partial charge >= 0.3 is 0 Å².